The molecule has 0 saturated heterocycles. The van der Waals surface area contributed by atoms with Gasteiger partial charge in [-0.25, -0.2) is 22.9 Å². The van der Waals surface area contributed by atoms with E-state index in [1.807, 2.05) is 0 Å². The van der Waals surface area contributed by atoms with Crippen molar-refractivity contribution in [2.75, 3.05) is 10.6 Å². The number of hydrogen-bond donors (Lipinski definition) is 2. The molecule has 0 radical (unpaired) electrons. The molecule has 3 N–H and O–H groups in total. The zero-order valence-corrected chi connectivity index (χ0v) is 17.0. The number of rotatable bonds is 3. The second-order valence-corrected chi connectivity index (χ2v) is 7.60. The van der Waals surface area contributed by atoms with E-state index >= 15 is 4.39 Å². The van der Waals surface area contributed by atoms with Gasteiger partial charge < -0.3 is 15.7 Å². The van der Waals surface area contributed by atoms with Crippen LogP contribution in [-0.4, -0.2) is 30.4 Å². The van der Waals surface area contributed by atoms with Crippen molar-refractivity contribution < 1.29 is 23.1 Å². The zero-order valence-electron chi connectivity index (χ0n) is 17.0. The minimum absolute atomic E-state index is 0.142. The van der Waals surface area contributed by atoms with Crippen LogP contribution in [0.25, 0.3) is 16.7 Å². The lowest BCUT2D eigenvalue weighted by atomic mass is 10.1. The van der Waals surface area contributed by atoms with Crippen molar-refractivity contribution in [1.82, 2.24) is 19.3 Å². The third-order valence-corrected chi connectivity index (χ3v) is 5.61. The Morgan fingerprint density at radius 3 is 2.58 bits per heavy atom. The molecular weight excluding hydrogens is 441 g/mol. The quantitative estimate of drug-likeness (QED) is 0.486. The van der Waals surface area contributed by atoms with Crippen LogP contribution in [0.5, 0.6) is 0 Å². The van der Waals surface area contributed by atoms with Gasteiger partial charge in [-0.2, -0.15) is 5.10 Å². The number of benzene rings is 1. The number of nitrogens with two attached hydrogens (primary N) is 1. The SMILES string of the molecule is Cn1nc(N)c2c1CN(c1nc3c(cc1F)c(=O)c(C(=O)O)cn3-c1ccc(F)cc1F)C2. The van der Waals surface area contributed by atoms with E-state index in [1.54, 1.807) is 16.6 Å². The summed E-state index contributed by atoms with van der Waals surface area (Å²) in [6, 6.07) is 3.52. The van der Waals surface area contributed by atoms with E-state index in [-0.39, 0.29) is 35.6 Å². The first-order valence-electron chi connectivity index (χ1n) is 9.65. The van der Waals surface area contributed by atoms with Gasteiger partial charge in [-0.1, -0.05) is 0 Å². The molecule has 0 spiro atoms. The number of halogens is 3. The summed E-state index contributed by atoms with van der Waals surface area (Å²) >= 11 is 0. The van der Waals surface area contributed by atoms with E-state index in [0.717, 1.165) is 34.7 Å². The van der Waals surface area contributed by atoms with Crippen molar-refractivity contribution in [1.29, 1.82) is 0 Å². The highest BCUT2D eigenvalue weighted by atomic mass is 19.1. The van der Waals surface area contributed by atoms with Crippen LogP contribution in [0.1, 0.15) is 21.6 Å². The van der Waals surface area contributed by atoms with E-state index in [2.05, 4.69) is 10.1 Å². The Bertz CT molecular complexity index is 1520. The molecule has 3 aromatic heterocycles. The predicted molar refractivity (Wildman–Crippen MR) is 112 cm³/mol. The number of hydrogen-bond acceptors (Lipinski definition) is 6. The van der Waals surface area contributed by atoms with Crippen LogP contribution in [0, 0.1) is 17.5 Å². The largest absolute Gasteiger partial charge is 0.477 e. The topological polar surface area (TPSA) is 119 Å². The maximum Gasteiger partial charge on any atom is 0.341 e. The van der Waals surface area contributed by atoms with Crippen LogP contribution in [0.2, 0.25) is 0 Å². The molecule has 0 bridgehead atoms. The molecule has 0 unspecified atom stereocenters. The summed E-state index contributed by atoms with van der Waals surface area (Å²) in [6.45, 7) is 0.431. The molecule has 5 rings (SSSR count). The number of nitrogen functional groups attached to an aromatic ring is 1. The van der Waals surface area contributed by atoms with Crippen molar-refractivity contribution in [2.45, 2.75) is 13.1 Å². The Hall–Kier alpha value is -4.35. The van der Waals surface area contributed by atoms with E-state index < -0.39 is 34.4 Å². The summed E-state index contributed by atoms with van der Waals surface area (Å²) in [5.41, 5.74) is 5.24. The minimum atomic E-state index is -1.58. The van der Waals surface area contributed by atoms with Gasteiger partial charge in [-0.05, 0) is 18.2 Å². The smallest absolute Gasteiger partial charge is 0.341 e. The molecule has 1 aliphatic heterocycles. The molecule has 4 heterocycles. The number of carbonyl (C=O) groups is 1. The highest BCUT2D eigenvalue weighted by Crippen LogP contribution is 2.33. The Morgan fingerprint density at radius 1 is 1.15 bits per heavy atom. The normalized spacial score (nSPS) is 13.0. The summed E-state index contributed by atoms with van der Waals surface area (Å²) in [4.78, 5) is 30.1. The van der Waals surface area contributed by atoms with Crippen molar-refractivity contribution in [3.8, 4) is 5.69 Å². The molecule has 0 amide bonds. The number of carboxylic acids is 1. The zero-order chi connectivity index (χ0) is 23.6. The van der Waals surface area contributed by atoms with Crippen LogP contribution in [0.3, 0.4) is 0 Å². The fraction of sp³-hybridized carbons (Fsp3) is 0.143. The summed E-state index contributed by atoms with van der Waals surface area (Å²) in [5.74, 6) is -4.16. The van der Waals surface area contributed by atoms with E-state index in [9.17, 15) is 23.5 Å². The molecule has 0 saturated carbocycles. The first-order chi connectivity index (χ1) is 15.7. The van der Waals surface area contributed by atoms with Gasteiger partial charge in [0.2, 0.25) is 5.43 Å². The fourth-order valence-electron chi connectivity index (χ4n) is 4.02. The number of nitrogens with zero attached hydrogens (tertiary/aromatic N) is 5. The highest BCUT2D eigenvalue weighted by Gasteiger charge is 2.29. The summed E-state index contributed by atoms with van der Waals surface area (Å²) in [5, 5.41) is 13.2. The maximum absolute atomic E-state index is 15.1. The van der Waals surface area contributed by atoms with Crippen molar-refractivity contribution in [3.05, 3.63) is 75.0 Å². The Labute approximate surface area is 183 Å². The van der Waals surface area contributed by atoms with Crippen molar-refractivity contribution in [2.24, 2.45) is 7.05 Å². The van der Waals surface area contributed by atoms with Gasteiger partial charge in [-0.3, -0.25) is 14.0 Å². The molecule has 0 fully saturated rings. The number of anilines is 2. The lowest BCUT2D eigenvalue weighted by Gasteiger charge is -2.20. The number of carboxylic acid groups (broad SMARTS) is 1. The predicted octanol–water partition coefficient (Wildman–Crippen LogP) is 2.34. The van der Waals surface area contributed by atoms with Gasteiger partial charge in [-0.15, -0.1) is 0 Å². The summed E-state index contributed by atoms with van der Waals surface area (Å²) < 4.78 is 45.7. The van der Waals surface area contributed by atoms with Gasteiger partial charge in [0.15, 0.2) is 23.1 Å². The second-order valence-electron chi connectivity index (χ2n) is 7.60. The lowest BCUT2D eigenvalue weighted by Crippen LogP contribution is -2.23. The van der Waals surface area contributed by atoms with E-state index in [0.29, 0.717) is 17.4 Å². The van der Waals surface area contributed by atoms with E-state index in [1.165, 1.54) is 0 Å². The molecule has 1 aromatic carbocycles. The van der Waals surface area contributed by atoms with Crippen LogP contribution in [-0.2, 0) is 20.1 Å². The third kappa shape index (κ3) is 3.10. The molecule has 12 heteroatoms. The molecule has 1 aliphatic rings. The Balaban J connectivity index is 1.76. The van der Waals surface area contributed by atoms with Crippen LogP contribution in [0.15, 0.2) is 35.3 Å². The average molecular weight is 456 g/mol. The van der Waals surface area contributed by atoms with E-state index in [4.69, 9.17) is 5.73 Å². The lowest BCUT2D eigenvalue weighted by molar-refractivity contribution is 0.0695. The Kier molecular flexibility index (Phi) is 4.41. The number of aromatic carboxylic acids is 1. The third-order valence-electron chi connectivity index (χ3n) is 5.61. The van der Waals surface area contributed by atoms with Gasteiger partial charge in [0.1, 0.15) is 17.2 Å². The average Bonchev–Trinajstić information content (AvgIpc) is 3.30. The molecular formula is C21H15F3N6O3. The molecule has 33 heavy (non-hydrogen) atoms. The molecule has 0 aliphatic carbocycles. The maximum atomic E-state index is 15.1. The number of fused-ring (bicyclic) bond motifs is 2. The highest BCUT2D eigenvalue weighted by molar-refractivity contribution is 5.92. The molecule has 168 valence electrons. The van der Waals surface area contributed by atoms with Crippen molar-refractivity contribution >= 4 is 28.6 Å². The minimum Gasteiger partial charge on any atom is -0.477 e. The van der Waals surface area contributed by atoms with Crippen molar-refractivity contribution in [3.63, 3.8) is 0 Å². The summed E-state index contributed by atoms with van der Waals surface area (Å²) in [6.07, 6.45) is 0.888. The second kappa shape index (κ2) is 7.08. The Morgan fingerprint density at radius 2 is 1.91 bits per heavy atom. The van der Waals surface area contributed by atoms with Crippen LogP contribution in [0.4, 0.5) is 24.8 Å². The molecule has 0 atom stereocenters. The fourth-order valence-corrected chi connectivity index (χ4v) is 4.02. The summed E-state index contributed by atoms with van der Waals surface area (Å²) in [7, 11) is 1.70. The van der Waals surface area contributed by atoms with Gasteiger partial charge >= 0.3 is 5.97 Å². The molecule has 9 nitrogen and oxygen atoms in total. The van der Waals surface area contributed by atoms with Gasteiger partial charge in [0.05, 0.1) is 29.9 Å². The first kappa shape index (κ1) is 20.5. The number of aryl methyl sites for hydroxylation is 1. The standard InChI is InChI=1S/C21H15F3N6O3/c1-28-16-8-29(6-11(16)18(25)27-28)20-14(24)5-10-17(31)12(21(32)33)7-30(19(10)26-20)15-3-2-9(22)4-13(15)23/h2-5,7H,6,8H2,1H3,(H2,25,27)(H,32,33). The number of aromatic nitrogens is 4. The van der Waals surface area contributed by atoms with Gasteiger partial charge in [0.25, 0.3) is 0 Å². The van der Waals surface area contributed by atoms with Gasteiger partial charge in [0, 0.05) is 24.9 Å². The monoisotopic (exact) mass is 456 g/mol. The molecule has 4 aromatic rings. The van der Waals surface area contributed by atoms with Crippen LogP contribution < -0.4 is 16.1 Å². The number of pyridine rings is 2. The first-order valence-corrected chi connectivity index (χ1v) is 9.65. The van der Waals surface area contributed by atoms with Crippen LogP contribution >= 0.6 is 0 Å².